The van der Waals surface area contributed by atoms with Gasteiger partial charge >= 0.3 is 0 Å². The second kappa shape index (κ2) is 7.88. The molecule has 0 aliphatic carbocycles. The molecule has 4 aromatic rings. The summed E-state index contributed by atoms with van der Waals surface area (Å²) in [6.07, 6.45) is 2.77. The molecule has 0 saturated heterocycles. The minimum atomic E-state index is -0.379. The molecule has 2 heterocycles. The number of benzene rings is 2. The van der Waals surface area contributed by atoms with Gasteiger partial charge in [0.15, 0.2) is 0 Å². The highest BCUT2D eigenvalue weighted by molar-refractivity contribution is 9.10. The number of ether oxygens (including phenoxy) is 1. The zero-order valence-corrected chi connectivity index (χ0v) is 16.8. The second-order valence-electron chi connectivity index (χ2n) is 6.16. The molecule has 0 atom stereocenters. The summed E-state index contributed by atoms with van der Waals surface area (Å²) in [4.78, 5) is 8.59. The Morgan fingerprint density at radius 3 is 2.79 bits per heavy atom. The van der Waals surface area contributed by atoms with Gasteiger partial charge in [-0.1, -0.05) is 21.1 Å². The smallest absolute Gasteiger partial charge is 0.208 e. The van der Waals surface area contributed by atoms with Gasteiger partial charge in [0, 0.05) is 29.8 Å². The summed E-state index contributed by atoms with van der Waals surface area (Å²) in [5, 5.41) is 14.6. The van der Waals surface area contributed by atoms with Crippen LogP contribution >= 0.6 is 15.9 Å². The molecule has 0 aliphatic rings. The number of nitrogens with one attached hydrogen (secondary N) is 1. The van der Waals surface area contributed by atoms with Crippen LogP contribution in [0.15, 0.2) is 64.4 Å². The third-order valence-electron chi connectivity index (χ3n) is 4.21. The summed E-state index contributed by atoms with van der Waals surface area (Å²) in [6, 6.07) is 13.6. The van der Waals surface area contributed by atoms with Crippen molar-refractivity contribution in [1.29, 1.82) is 0 Å². The molecule has 4 rings (SSSR count). The van der Waals surface area contributed by atoms with Gasteiger partial charge in [-0.05, 0) is 36.4 Å². The fraction of sp³-hybridized carbons (Fsp3) is 0.0500. The van der Waals surface area contributed by atoms with Crippen molar-refractivity contribution in [2.24, 2.45) is 12.2 Å². The lowest BCUT2D eigenvalue weighted by Crippen LogP contribution is -2.00. The molecule has 29 heavy (non-hydrogen) atoms. The highest BCUT2D eigenvalue weighted by Crippen LogP contribution is 2.29. The van der Waals surface area contributed by atoms with Crippen molar-refractivity contribution in [3.8, 4) is 11.5 Å². The highest BCUT2D eigenvalue weighted by Gasteiger charge is 2.12. The monoisotopic (exact) mass is 455 g/mol. The first-order valence-electron chi connectivity index (χ1n) is 8.53. The first kappa shape index (κ1) is 18.9. The van der Waals surface area contributed by atoms with Crippen LogP contribution in [0.2, 0.25) is 0 Å². The number of pyridine rings is 1. The second-order valence-corrected chi connectivity index (χ2v) is 7.07. The van der Waals surface area contributed by atoms with Gasteiger partial charge in [0.2, 0.25) is 5.95 Å². The van der Waals surface area contributed by atoms with Crippen LogP contribution in [0.3, 0.4) is 0 Å². The van der Waals surface area contributed by atoms with E-state index in [1.54, 1.807) is 36.5 Å². The molecule has 9 heteroatoms. The van der Waals surface area contributed by atoms with E-state index in [9.17, 15) is 4.39 Å². The molecule has 0 spiro atoms. The first-order chi connectivity index (χ1) is 14.0. The van der Waals surface area contributed by atoms with Gasteiger partial charge < -0.3 is 19.8 Å². The van der Waals surface area contributed by atoms with Crippen molar-refractivity contribution in [2.45, 2.75) is 0 Å². The predicted octanol–water partition coefficient (Wildman–Crippen LogP) is 5.21. The molecule has 2 aromatic carbocycles. The summed E-state index contributed by atoms with van der Waals surface area (Å²) < 4.78 is 22.5. The van der Waals surface area contributed by atoms with E-state index in [1.165, 1.54) is 12.3 Å². The number of rotatable bonds is 5. The molecule has 7 nitrogen and oxygen atoms in total. The van der Waals surface area contributed by atoms with Gasteiger partial charge in [0.05, 0.1) is 28.6 Å². The van der Waals surface area contributed by atoms with Crippen molar-refractivity contribution in [3.05, 3.63) is 70.7 Å². The maximum absolute atomic E-state index is 14.1. The molecular formula is C20H15BrFN5O2. The van der Waals surface area contributed by atoms with E-state index in [4.69, 9.17) is 9.94 Å². The minimum Gasteiger partial charge on any atom is -0.457 e. The molecule has 2 aromatic heterocycles. The molecule has 0 bridgehead atoms. The lowest BCUT2D eigenvalue weighted by molar-refractivity contribution is 0.321. The number of nitrogens with zero attached hydrogens (tertiary/aromatic N) is 4. The first-order valence-corrected chi connectivity index (χ1v) is 9.32. The van der Waals surface area contributed by atoms with E-state index in [0.29, 0.717) is 38.8 Å². The summed E-state index contributed by atoms with van der Waals surface area (Å²) in [7, 11) is 1.85. The Labute approximate surface area is 173 Å². The van der Waals surface area contributed by atoms with Gasteiger partial charge in [-0.2, -0.15) is 0 Å². The van der Waals surface area contributed by atoms with Crippen LogP contribution in [0, 0.1) is 5.82 Å². The number of oxime groups is 1. The van der Waals surface area contributed by atoms with Crippen molar-refractivity contribution in [3.63, 3.8) is 0 Å². The third kappa shape index (κ3) is 4.04. The minimum absolute atomic E-state index is 0.331. The normalized spacial score (nSPS) is 11.3. The molecule has 0 aliphatic heterocycles. The molecule has 0 amide bonds. The average Bonchev–Trinajstić information content (AvgIpc) is 2.99. The highest BCUT2D eigenvalue weighted by atomic mass is 79.9. The number of fused-ring (bicyclic) bond motifs is 1. The van der Waals surface area contributed by atoms with Gasteiger partial charge in [-0.3, -0.25) is 4.98 Å². The molecular weight excluding hydrogens is 441 g/mol. The Bertz CT molecular complexity index is 1220. The number of anilines is 2. The Hall–Kier alpha value is -3.46. The van der Waals surface area contributed by atoms with E-state index in [-0.39, 0.29) is 5.82 Å². The summed E-state index contributed by atoms with van der Waals surface area (Å²) in [5.74, 6) is 1.25. The SMILES string of the molecule is Cn1c(Nc2ccc(Br)cc2F)nc2cc(Oc3ccnc(/C=N\O)c3)ccc21. The Kier molecular flexibility index (Phi) is 5.13. The maximum atomic E-state index is 14.1. The van der Waals surface area contributed by atoms with Crippen molar-refractivity contribution in [1.82, 2.24) is 14.5 Å². The molecule has 0 unspecified atom stereocenters. The van der Waals surface area contributed by atoms with Crippen LogP contribution in [0.1, 0.15) is 5.69 Å². The summed E-state index contributed by atoms with van der Waals surface area (Å²) in [6.45, 7) is 0. The maximum Gasteiger partial charge on any atom is 0.208 e. The van der Waals surface area contributed by atoms with Crippen LogP contribution in [0.25, 0.3) is 11.0 Å². The van der Waals surface area contributed by atoms with Crippen LogP contribution in [0.4, 0.5) is 16.0 Å². The van der Waals surface area contributed by atoms with E-state index < -0.39 is 0 Å². The van der Waals surface area contributed by atoms with E-state index in [1.807, 2.05) is 23.7 Å². The average molecular weight is 456 g/mol. The van der Waals surface area contributed by atoms with Gasteiger partial charge in [0.1, 0.15) is 17.3 Å². The van der Waals surface area contributed by atoms with E-state index in [2.05, 4.69) is 36.4 Å². The number of halogens is 2. The number of hydrogen-bond donors (Lipinski definition) is 2. The van der Waals surface area contributed by atoms with Crippen LogP contribution in [0.5, 0.6) is 11.5 Å². The fourth-order valence-electron chi connectivity index (χ4n) is 2.82. The topological polar surface area (TPSA) is 84.6 Å². The van der Waals surface area contributed by atoms with Crippen LogP contribution in [-0.4, -0.2) is 26.0 Å². The van der Waals surface area contributed by atoms with E-state index in [0.717, 1.165) is 5.52 Å². The zero-order valence-electron chi connectivity index (χ0n) is 15.2. The Balaban J connectivity index is 1.62. The summed E-state index contributed by atoms with van der Waals surface area (Å²) in [5.41, 5.74) is 2.35. The molecule has 146 valence electrons. The largest absolute Gasteiger partial charge is 0.457 e. The number of imidazole rings is 1. The fourth-order valence-corrected chi connectivity index (χ4v) is 3.16. The standard InChI is InChI=1S/C20H15BrFN5O2/c1-27-19-5-3-14(29-15-6-7-23-13(9-15)11-24-28)10-18(19)26-20(27)25-17-4-2-12(21)8-16(17)22/h2-11,28H,1H3,(H,25,26)/b24-11-. The molecule has 0 fully saturated rings. The van der Waals surface area contributed by atoms with Crippen molar-refractivity contribution >= 4 is 44.8 Å². The molecule has 0 saturated carbocycles. The lowest BCUT2D eigenvalue weighted by atomic mass is 10.3. The number of hydrogen-bond acceptors (Lipinski definition) is 6. The number of aromatic nitrogens is 3. The van der Waals surface area contributed by atoms with Gasteiger partial charge in [0.25, 0.3) is 0 Å². The number of aryl methyl sites for hydroxylation is 1. The zero-order chi connectivity index (χ0) is 20.4. The predicted molar refractivity (Wildman–Crippen MR) is 112 cm³/mol. The quantitative estimate of drug-likeness (QED) is 0.245. The van der Waals surface area contributed by atoms with Gasteiger partial charge in [-0.25, -0.2) is 9.37 Å². The Morgan fingerprint density at radius 2 is 2.00 bits per heavy atom. The van der Waals surface area contributed by atoms with Crippen molar-refractivity contribution < 1.29 is 14.3 Å². The third-order valence-corrected chi connectivity index (χ3v) is 4.70. The summed E-state index contributed by atoms with van der Waals surface area (Å²) >= 11 is 3.25. The molecule has 0 radical (unpaired) electrons. The van der Waals surface area contributed by atoms with Crippen molar-refractivity contribution in [2.75, 3.05) is 5.32 Å². The molecule has 2 N–H and O–H groups in total. The van der Waals surface area contributed by atoms with Crippen LogP contribution in [-0.2, 0) is 7.05 Å². The lowest BCUT2D eigenvalue weighted by Gasteiger charge is -2.07. The van der Waals surface area contributed by atoms with Crippen LogP contribution < -0.4 is 10.1 Å². The Morgan fingerprint density at radius 1 is 1.17 bits per heavy atom. The van der Waals surface area contributed by atoms with Gasteiger partial charge in [-0.15, -0.1) is 0 Å². The van der Waals surface area contributed by atoms with E-state index >= 15 is 0 Å².